The Labute approximate surface area is 136 Å². The topological polar surface area (TPSA) is 71.8 Å². The second-order valence-electron chi connectivity index (χ2n) is 6.08. The van der Waals surface area contributed by atoms with Crippen molar-refractivity contribution in [1.29, 1.82) is 0 Å². The lowest BCUT2D eigenvalue weighted by Gasteiger charge is -2.22. The summed E-state index contributed by atoms with van der Waals surface area (Å²) in [5.41, 5.74) is 2.98. The molecule has 122 valence electrons. The van der Waals surface area contributed by atoms with Gasteiger partial charge in [0.2, 0.25) is 0 Å². The van der Waals surface area contributed by atoms with Crippen molar-refractivity contribution in [2.45, 2.75) is 44.7 Å². The van der Waals surface area contributed by atoms with Crippen LogP contribution in [0.25, 0.3) is 11.3 Å². The van der Waals surface area contributed by atoms with E-state index in [0.29, 0.717) is 12.6 Å². The molecule has 0 saturated heterocycles. The van der Waals surface area contributed by atoms with E-state index in [2.05, 4.69) is 20.7 Å². The zero-order valence-electron chi connectivity index (χ0n) is 13.5. The Balaban J connectivity index is 1.56. The monoisotopic (exact) mass is 313 g/mol. The van der Waals surface area contributed by atoms with E-state index in [1.54, 1.807) is 12.4 Å². The Morgan fingerprint density at radius 1 is 1.30 bits per heavy atom. The molecule has 6 nitrogen and oxygen atoms in total. The van der Waals surface area contributed by atoms with Crippen molar-refractivity contribution < 1.29 is 4.79 Å². The number of carbonyl (C=O) groups is 1. The van der Waals surface area contributed by atoms with Crippen molar-refractivity contribution in [2.24, 2.45) is 7.05 Å². The Kier molecular flexibility index (Phi) is 4.90. The lowest BCUT2D eigenvalue weighted by atomic mass is 9.96. The van der Waals surface area contributed by atoms with Crippen LogP contribution in [0, 0.1) is 0 Å². The van der Waals surface area contributed by atoms with Crippen LogP contribution in [0.2, 0.25) is 0 Å². The number of amides is 2. The van der Waals surface area contributed by atoms with E-state index in [9.17, 15) is 4.79 Å². The summed E-state index contributed by atoms with van der Waals surface area (Å²) in [4.78, 5) is 16.3. The fraction of sp³-hybridized carbons (Fsp3) is 0.471. The number of hydrogen-bond donors (Lipinski definition) is 2. The van der Waals surface area contributed by atoms with Crippen molar-refractivity contribution in [3.63, 3.8) is 0 Å². The van der Waals surface area contributed by atoms with Gasteiger partial charge in [-0.3, -0.25) is 9.67 Å². The molecule has 2 N–H and O–H groups in total. The second-order valence-corrected chi connectivity index (χ2v) is 6.08. The van der Waals surface area contributed by atoms with E-state index in [4.69, 9.17) is 0 Å². The first-order chi connectivity index (χ1) is 11.2. The lowest BCUT2D eigenvalue weighted by molar-refractivity contribution is 0.232. The van der Waals surface area contributed by atoms with Gasteiger partial charge in [0.25, 0.3) is 0 Å². The number of pyridine rings is 1. The summed E-state index contributed by atoms with van der Waals surface area (Å²) in [5.74, 6) is 0. The van der Waals surface area contributed by atoms with Gasteiger partial charge in [-0.15, -0.1) is 0 Å². The summed E-state index contributed by atoms with van der Waals surface area (Å²) in [6.07, 6.45) is 11.2. The first-order valence-electron chi connectivity index (χ1n) is 8.19. The SMILES string of the molecule is Cn1nccc1-c1cncc(CNC(=O)NC2CCCCC2)c1. The first kappa shape index (κ1) is 15.5. The smallest absolute Gasteiger partial charge is 0.315 e. The maximum absolute atomic E-state index is 12.0. The van der Waals surface area contributed by atoms with Crippen LogP contribution in [-0.4, -0.2) is 26.8 Å². The van der Waals surface area contributed by atoms with E-state index in [1.807, 2.05) is 30.1 Å². The highest BCUT2D eigenvalue weighted by Crippen LogP contribution is 2.18. The maximum atomic E-state index is 12.0. The van der Waals surface area contributed by atoms with Gasteiger partial charge in [-0.05, 0) is 30.5 Å². The third kappa shape index (κ3) is 4.09. The number of aryl methyl sites for hydroxylation is 1. The Hall–Kier alpha value is -2.37. The molecule has 2 aromatic heterocycles. The molecule has 3 rings (SSSR count). The van der Waals surface area contributed by atoms with Crippen LogP contribution < -0.4 is 10.6 Å². The molecule has 1 aliphatic rings. The van der Waals surface area contributed by atoms with E-state index in [-0.39, 0.29) is 6.03 Å². The van der Waals surface area contributed by atoms with Crippen molar-refractivity contribution in [3.05, 3.63) is 36.3 Å². The van der Waals surface area contributed by atoms with Gasteiger partial charge in [-0.1, -0.05) is 19.3 Å². The fourth-order valence-electron chi connectivity index (χ4n) is 3.05. The number of nitrogens with one attached hydrogen (secondary N) is 2. The molecule has 1 saturated carbocycles. The summed E-state index contributed by atoms with van der Waals surface area (Å²) in [5, 5.41) is 10.1. The van der Waals surface area contributed by atoms with E-state index in [1.165, 1.54) is 19.3 Å². The minimum absolute atomic E-state index is 0.0946. The summed E-state index contributed by atoms with van der Waals surface area (Å²) in [6.45, 7) is 0.469. The molecule has 0 unspecified atom stereocenters. The van der Waals surface area contributed by atoms with Gasteiger partial charge in [0.05, 0.1) is 5.69 Å². The predicted octanol–water partition coefficient (Wildman–Crippen LogP) is 2.61. The van der Waals surface area contributed by atoms with Gasteiger partial charge < -0.3 is 10.6 Å². The highest BCUT2D eigenvalue weighted by Gasteiger charge is 2.15. The van der Waals surface area contributed by atoms with Gasteiger partial charge in [-0.25, -0.2) is 4.79 Å². The van der Waals surface area contributed by atoms with Gasteiger partial charge in [-0.2, -0.15) is 5.10 Å². The molecule has 23 heavy (non-hydrogen) atoms. The molecule has 2 aromatic rings. The molecule has 0 bridgehead atoms. The van der Waals surface area contributed by atoms with Crippen LogP contribution in [0.15, 0.2) is 30.7 Å². The number of aromatic nitrogens is 3. The van der Waals surface area contributed by atoms with Gasteiger partial charge in [0, 0.05) is 43.8 Å². The molecule has 2 amide bonds. The minimum Gasteiger partial charge on any atom is -0.335 e. The van der Waals surface area contributed by atoms with E-state index >= 15 is 0 Å². The largest absolute Gasteiger partial charge is 0.335 e. The molecule has 2 heterocycles. The zero-order valence-corrected chi connectivity index (χ0v) is 13.5. The van der Waals surface area contributed by atoms with Crippen LogP contribution in [0.3, 0.4) is 0 Å². The molecule has 0 spiro atoms. The van der Waals surface area contributed by atoms with Crippen molar-refractivity contribution in [2.75, 3.05) is 0 Å². The molecule has 0 atom stereocenters. The molecule has 6 heteroatoms. The highest BCUT2D eigenvalue weighted by molar-refractivity contribution is 5.74. The fourth-order valence-corrected chi connectivity index (χ4v) is 3.05. The Morgan fingerprint density at radius 3 is 2.87 bits per heavy atom. The normalized spacial score (nSPS) is 15.3. The summed E-state index contributed by atoms with van der Waals surface area (Å²) >= 11 is 0. The van der Waals surface area contributed by atoms with Gasteiger partial charge >= 0.3 is 6.03 Å². The molecule has 1 fully saturated rings. The average molecular weight is 313 g/mol. The second kappa shape index (κ2) is 7.26. The summed E-state index contributed by atoms with van der Waals surface area (Å²) in [6, 6.07) is 4.21. The van der Waals surface area contributed by atoms with Crippen LogP contribution >= 0.6 is 0 Å². The van der Waals surface area contributed by atoms with Gasteiger partial charge in [0.15, 0.2) is 0 Å². The van der Waals surface area contributed by atoms with E-state index < -0.39 is 0 Å². The zero-order chi connectivity index (χ0) is 16.1. The van der Waals surface area contributed by atoms with Crippen LogP contribution in [0.4, 0.5) is 4.79 Å². The van der Waals surface area contributed by atoms with Crippen molar-refractivity contribution >= 4 is 6.03 Å². The lowest BCUT2D eigenvalue weighted by Crippen LogP contribution is -2.42. The molecule has 0 radical (unpaired) electrons. The van der Waals surface area contributed by atoms with E-state index in [0.717, 1.165) is 29.7 Å². The highest BCUT2D eigenvalue weighted by atomic mass is 16.2. The molecular formula is C17H23N5O. The Bertz CT molecular complexity index is 661. The average Bonchev–Trinajstić information content (AvgIpc) is 3.00. The summed E-state index contributed by atoms with van der Waals surface area (Å²) in [7, 11) is 1.90. The van der Waals surface area contributed by atoms with Crippen LogP contribution in [-0.2, 0) is 13.6 Å². The van der Waals surface area contributed by atoms with Crippen LogP contribution in [0.1, 0.15) is 37.7 Å². The standard InChI is InChI=1S/C17H23N5O/c1-22-16(7-8-20-22)14-9-13(10-18-12-14)11-19-17(23)21-15-5-3-2-4-6-15/h7-10,12,15H,2-6,11H2,1H3,(H2,19,21,23). The minimum atomic E-state index is -0.0946. The number of carbonyl (C=O) groups excluding carboxylic acids is 1. The third-order valence-electron chi connectivity index (χ3n) is 4.31. The Morgan fingerprint density at radius 2 is 2.13 bits per heavy atom. The number of urea groups is 1. The predicted molar refractivity (Wildman–Crippen MR) is 88.7 cm³/mol. The first-order valence-corrected chi connectivity index (χ1v) is 8.19. The van der Waals surface area contributed by atoms with Crippen molar-refractivity contribution in [1.82, 2.24) is 25.4 Å². The number of nitrogens with zero attached hydrogens (tertiary/aromatic N) is 3. The number of hydrogen-bond acceptors (Lipinski definition) is 3. The number of rotatable bonds is 4. The third-order valence-corrected chi connectivity index (χ3v) is 4.31. The quantitative estimate of drug-likeness (QED) is 0.911. The van der Waals surface area contributed by atoms with Crippen molar-refractivity contribution in [3.8, 4) is 11.3 Å². The molecule has 0 aliphatic heterocycles. The van der Waals surface area contributed by atoms with Crippen LogP contribution in [0.5, 0.6) is 0 Å². The maximum Gasteiger partial charge on any atom is 0.315 e. The molecular weight excluding hydrogens is 290 g/mol. The molecule has 0 aromatic carbocycles. The van der Waals surface area contributed by atoms with Gasteiger partial charge in [0.1, 0.15) is 0 Å². The molecule has 1 aliphatic carbocycles. The summed E-state index contributed by atoms with van der Waals surface area (Å²) < 4.78 is 1.81.